The third-order valence-electron chi connectivity index (χ3n) is 4.77. The Labute approximate surface area is 193 Å². The van der Waals surface area contributed by atoms with Crippen molar-refractivity contribution < 1.29 is 9.21 Å². The van der Waals surface area contributed by atoms with Crippen LogP contribution in [0.15, 0.2) is 45.8 Å². The van der Waals surface area contributed by atoms with Crippen molar-refractivity contribution in [3.05, 3.63) is 53.5 Å². The first-order chi connectivity index (χ1) is 14.1. The number of nitrogens with two attached hydrogens (primary N) is 1. The molecule has 1 unspecified atom stereocenters. The van der Waals surface area contributed by atoms with Gasteiger partial charge in [-0.05, 0) is 44.0 Å². The van der Waals surface area contributed by atoms with Crippen molar-refractivity contribution in [1.29, 1.82) is 5.26 Å². The molecular weight excluding hydrogens is 495 g/mol. The van der Waals surface area contributed by atoms with E-state index in [4.69, 9.17) is 10.2 Å². The number of rotatable bonds is 6. The fraction of sp³-hybridized carbons (Fsp3) is 0.381. The zero-order chi connectivity index (χ0) is 20.6. The SMILES string of the molecule is CCNC(=NCc1ccc(C(N)=O)o1)NC1CCCN(c2ccccc2C#N)C1.I. The molecular formula is C21H27IN6O2. The van der Waals surface area contributed by atoms with Gasteiger partial charge < -0.3 is 25.7 Å². The fourth-order valence-electron chi connectivity index (χ4n) is 3.42. The van der Waals surface area contributed by atoms with Crippen molar-refractivity contribution >= 4 is 41.5 Å². The zero-order valence-electron chi connectivity index (χ0n) is 16.9. The molecule has 1 aromatic carbocycles. The van der Waals surface area contributed by atoms with Crippen LogP contribution in [0.25, 0.3) is 0 Å². The molecule has 2 aromatic rings. The van der Waals surface area contributed by atoms with Crippen LogP contribution in [-0.2, 0) is 6.54 Å². The van der Waals surface area contributed by atoms with E-state index >= 15 is 0 Å². The fourth-order valence-corrected chi connectivity index (χ4v) is 3.42. The zero-order valence-corrected chi connectivity index (χ0v) is 19.3. The third kappa shape index (κ3) is 6.13. The summed E-state index contributed by atoms with van der Waals surface area (Å²) in [4.78, 5) is 18.0. The molecule has 9 heteroatoms. The number of aliphatic imine (C=N–C) groups is 1. The number of amides is 1. The first-order valence-electron chi connectivity index (χ1n) is 9.78. The largest absolute Gasteiger partial charge is 0.454 e. The minimum Gasteiger partial charge on any atom is -0.454 e. The summed E-state index contributed by atoms with van der Waals surface area (Å²) < 4.78 is 5.39. The predicted octanol–water partition coefficient (Wildman–Crippen LogP) is 2.59. The van der Waals surface area contributed by atoms with Crippen LogP contribution in [-0.4, -0.2) is 37.5 Å². The van der Waals surface area contributed by atoms with E-state index in [9.17, 15) is 10.1 Å². The predicted molar refractivity (Wildman–Crippen MR) is 127 cm³/mol. The highest BCUT2D eigenvalue weighted by atomic mass is 127. The number of para-hydroxylation sites is 1. The van der Waals surface area contributed by atoms with Gasteiger partial charge in [-0.2, -0.15) is 5.26 Å². The third-order valence-corrected chi connectivity index (χ3v) is 4.77. The topological polar surface area (TPSA) is 120 Å². The highest BCUT2D eigenvalue weighted by Gasteiger charge is 2.22. The summed E-state index contributed by atoms with van der Waals surface area (Å²) in [6.07, 6.45) is 2.04. The summed E-state index contributed by atoms with van der Waals surface area (Å²) in [6, 6.07) is 13.4. The van der Waals surface area contributed by atoms with E-state index in [0.717, 1.165) is 38.2 Å². The number of hydrogen-bond donors (Lipinski definition) is 3. The van der Waals surface area contributed by atoms with Crippen LogP contribution in [0.5, 0.6) is 0 Å². The molecule has 3 rings (SSSR count). The van der Waals surface area contributed by atoms with Gasteiger partial charge in [0.15, 0.2) is 11.7 Å². The number of carbonyl (C=O) groups is 1. The maximum absolute atomic E-state index is 11.2. The van der Waals surface area contributed by atoms with Gasteiger partial charge in [0.2, 0.25) is 0 Å². The maximum atomic E-state index is 11.2. The van der Waals surface area contributed by atoms with Crippen LogP contribution in [0.4, 0.5) is 5.69 Å². The van der Waals surface area contributed by atoms with E-state index in [1.807, 2.05) is 31.2 Å². The van der Waals surface area contributed by atoms with E-state index < -0.39 is 5.91 Å². The first kappa shape index (κ1) is 23.5. The highest BCUT2D eigenvalue weighted by Crippen LogP contribution is 2.23. The number of nitrogens with one attached hydrogen (secondary N) is 2. The second kappa shape index (κ2) is 11.4. The first-order valence-corrected chi connectivity index (χ1v) is 9.78. The Hall–Kier alpha value is -2.74. The lowest BCUT2D eigenvalue weighted by molar-refractivity contribution is 0.0972. The Balaban J connectivity index is 0.00000320. The Bertz CT molecular complexity index is 920. The Morgan fingerprint density at radius 1 is 1.37 bits per heavy atom. The molecule has 30 heavy (non-hydrogen) atoms. The quantitative estimate of drug-likeness (QED) is 0.305. The minimum atomic E-state index is -0.592. The molecule has 0 saturated carbocycles. The number of anilines is 1. The number of furan rings is 1. The van der Waals surface area contributed by atoms with Crippen LogP contribution in [0.2, 0.25) is 0 Å². The lowest BCUT2D eigenvalue weighted by atomic mass is 10.0. The molecule has 1 fully saturated rings. The molecule has 8 nitrogen and oxygen atoms in total. The number of hydrogen-bond acceptors (Lipinski definition) is 5. The van der Waals surface area contributed by atoms with Gasteiger partial charge in [-0.25, -0.2) is 4.99 Å². The number of guanidine groups is 1. The second-order valence-corrected chi connectivity index (χ2v) is 6.88. The van der Waals surface area contributed by atoms with Crippen molar-refractivity contribution in [3.63, 3.8) is 0 Å². The lowest BCUT2D eigenvalue weighted by Gasteiger charge is -2.35. The van der Waals surface area contributed by atoms with Gasteiger partial charge in [-0.3, -0.25) is 4.79 Å². The van der Waals surface area contributed by atoms with Crippen LogP contribution >= 0.6 is 24.0 Å². The molecule has 0 radical (unpaired) electrons. The number of nitriles is 1. The van der Waals surface area contributed by atoms with E-state index in [1.165, 1.54) is 0 Å². The number of benzene rings is 1. The van der Waals surface area contributed by atoms with Crippen molar-refractivity contribution in [2.45, 2.75) is 32.4 Å². The smallest absolute Gasteiger partial charge is 0.284 e. The highest BCUT2D eigenvalue weighted by molar-refractivity contribution is 14.0. The van der Waals surface area contributed by atoms with Gasteiger partial charge in [0.1, 0.15) is 18.4 Å². The molecule has 1 aliphatic heterocycles. The number of halogens is 1. The van der Waals surface area contributed by atoms with Crippen molar-refractivity contribution in [3.8, 4) is 6.07 Å². The second-order valence-electron chi connectivity index (χ2n) is 6.88. The number of nitrogens with zero attached hydrogens (tertiary/aromatic N) is 3. The molecule has 1 aromatic heterocycles. The van der Waals surface area contributed by atoms with Crippen molar-refractivity contribution in [2.75, 3.05) is 24.5 Å². The van der Waals surface area contributed by atoms with E-state index in [-0.39, 0.29) is 35.8 Å². The van der Waals surface area contributed by atoms with Crippen LogP contribution in [0.3, 0.4) is 0 Å². The Kier molecular flexibility index (Phi) is 8.98. The molecule has 0 aliphatic carbocycles. The van der Waals surface area contributed by atoms with Gasteiger partial charge in [0.05, 0.1) is 11.3 Å². The minimum absolute atomic E-state index is 0. The van der Waals surface area contributed by atoms with Crippen LogP contribution in [0.1, 0.15) is 41.6 Å². The summed E-state index contributed by atoms with van der Waals surface area (Å²) in [5, 5.41) is 16.1. The van der Waals surface area contributed by atoms with Crippen LogP contribution in [0, 0.1) is 11.3 Å². The van der Waals surface area contributed by atoms with Crippen molar-refractivity contribution in [1.82, 2.24) is 10.6 Å². The summed E-state index contributed by atoms with van der Waals surface area (Å²) in [5.74, 6) is 0.798. The van der Waals surface area contributed by atoms with E-state index in [0.29, 0.717) is 23.8 Å². The van der Waals surface area contributed by atoms with Crippen molar-refractivity contribution in [2.24, 2.45) is 10.7 Å². The summed E-state index contributed by atoms with van der Waals surface area (Å²) in [7, 11) is 0. The van der Waals surface area contributed by atoms with Gasteiger partial charge in [-0.1, -0.05) is 12.1 Å². The molecule has 160 valence electrons. The van der Waals surface area contributed by atoms with Gasteiger partial charge in [0, 0.05) is 25.7 Å². The van der Waals surface area contributed by atoms with Gasteiger partial charge in [0.25, 0.3) is 5.91 Å². The average Bonchev–Trinajstić information content (AvgIpc) is 3.22. The van der Waals surface area contributed by atoms with E-state index in [2.05, 4.69) is 26.6 Å². The summed E-state index contributed by atoms with van der Waals surface area (Å²) >= 11 is 0. The normalized spacial score (nSPS) is 16.3. The van der Waals surface area contributed by atoms with Gasteiger partial charge >= 0.3 is 0 Å². The number of piperidine rings is 1. The molecule has 0 bridgehead atoms. The molecule has 1 aliphatic rings. The molecule has 2 heterocycles. The molecule has 1 amide bonds. The Morgan fingerprint density at radius 3 is 2.87 bits per heavy atom. The maximum Gasteiger partial charge on any atom is 0.284 e. The molecule has 0 spiro atoms. The lowest BCUT2D eigenvalue weighted by Crippen LogP contribution is -2.51. The standard InChI is InChI=1S/C21H26N6O2.HI/c1-2-24-21(25-13-17-9-10-19(29-17)20(23)28)26-16-7-5-11-27(14-16)18-8-4-3-6-15(18)12-22;/h3-4,6,8-10,16H,2,5,7,11,13-14H2,1H3,(H2,23,28)(H2,24,25,26);1H. The van der Waals surface area contributed by atoms with E-state index in [1.54, 1.807) is 12.1 Å². The molecule has 4 N–H and O–H groups in total. The number of primary amides is 1. The molecule has 1 atom stereocenters. The number of carbonyl (C=O) groups excluding carboxylic acids is 1. The monoisotopic (exact) mass is 522 g/mol. The Morgan fingerprint density at radius 2 is 2.17 bits per heavy atom. The summed E-state index contributed by atoms with van der Waals surface area (Å²) in [6.45, 7) is 4.74. The average molecular weight is 522 g/mol. The van der Waals surface area contributed by atoms with Gasteiger partial charge in [-0.15, -0.1) is 24.0 Å². The van der Waals surface area contributed by atoms with Crippen LogP contribution < -0.4 is 21.3 Å². The summed E-state index contributed by atoms with van der Waals surface area (Å²) in [5.41, 5.74) is 6.88. The molecule has 1 saturated heterocycles.